The fraction of sp³-hybridized carbons (Fsp3) is 0.167. The first-order valence-electron chi connectivity index (χ1n) is 7.34. The average Bonchev–Trinajstić information content (AvgIpc) is 2.76. The number of carbonyl (C=O) groups is 1. The summed E-state index contributed by atoms with van der Waals surface area (Å²) in [6.45, 7) is 1.71. The molecule has 4 nitrogen and oxygen atoms in total. The predicted octanol–water partition coefficient (Wildman–Crippen LogP) is 4.58. The maximum Gasteiger partial charge on any atom is 0.416 e. The van der Waals surface area contributed by atoms with Crippen LogP contribution in [0, 0.1) is 6.92 Å². The number of fused-ring (bicyclic) bond motifs is 1. The van der Waals surface area contributed by atoms with Crippen LogP contribution in [0.25, 0.3) is 22.2 Å². The maximum atomic E-state index is 13.0. The number of carboxylic acids is 1. The number of aromatic carboxylic acids is 1. The van der Waals surface area contributed by atoms with E-state index in [1.165, 1.54) is 18.2 Å². The molecule has 0 bridgehead atoms. The highest BCUT2D eigenvalue weighted by molar-refractivity contribution is 6.00. The van der Waals surface area contributed by atoms with E-state index in [1.54, 1.807) is 24.6 Å². The van der Waals surface area contributed by atoms with Crippen LogP contribution in [0.15, 0.2) is 36.4 Å². The van der Waals surface area contributed by atoms with Crippen molar-refractivity contribution in [3.8, 4) is 17.0 Å². The zero-order valence-electron chi connectivity index (χ0n) is 13.3. The summed E-state index contributed by atoms with van der Waals surface area (Å²) in [4.78, 5) is 11.2. The summed E-state index contributed by atoms with van der Waals surface area (Å²) in [5.74, 6) is -1.67. The number of hydrogen-bond donors (Lipinski definition) is 2. The Morgan fingerprint density at radius 1 is 1.16 bits per heavy atom. The molecule has 3 rings (SSSR count). The number of phenols is 1. The van der Waals surface area contributed by atoms with Gasteiger partial charge in [0.2, 0.25) is 0 Å². The molecule has 1 heterocycles. The van der Waals surface area contributed by atoms with Gasteiger partial charge in [-0.15, -0.1) is 0 Å². The molecule has 25 heavy (non-hydrogen) atoms. The van der Waals surface area contributed by atoms with Crippen molar-refractivity contribution in [2.45, 2.75) is 13.1 Å². The first-order valence-corrected chi connectivity index (χ1v) is 7.34. The number of halogens is 3. The third-order valence-electron chi connectivity index (χ3n) is 4.26. The lowest BCUT2D eigenvalue weighted by molar-refractivity contribution is -0.137. The van der Waals surface area contributed by atoms with E-state index < -0.39 is 23.5 Å². The number of rotatable bonds is 2. The molecule has 0 saturated carbocycles. The Kier molecular flexibility index (Phi) is 3.74. The van der Waals surface area contributed by atoms with Crippen LogP contribution < -0.4 is 0 Å². The van der Waals surface area contributed by atoms with Gasteiger partial charge < -0.3 is 14.8 Å². The highest BCUT2D eigenvalue weighted by Gasteiger charge is 2.31. The Morgan fingerprint density at radius 2 is 1.84 bits per heavy atom. The molecule has 0 aliphatic rings. The molecule has 0 atom stereocenters. The van der Waals surface area contributed by atoms with Crippen molar-refractivity contribution in [2.75, 3.05) is 0 Å². The Labute approximate surface area is 140 Å². The molecule has 0 amide bonds. The lowest BCUT2D eigenvalue weighted by Crippen LogP contribution is -2.05. The van der Waals surface area contributed by atoms with Gasteiger partial charge in [0.05, 0.1) is 16.8 Å². The lowest BCUT2D eigenvalue weighted by atomic mass is 10.0. The minimum absolute atomic E-state index is 0.253. The molecule has 7 heteroatoms. The number of carboxylic acid groups (broad SMARTS) is 1. The van der Waals surface area contributed by atoms with E-state index in [-0.39, 0.29) is 5.56 Å². The summed E-state index contributed by atoms with van der Waals surface area (Å²) >= 11 is 0. The minimum atomic E-state index is -4.46. The zero-order valence-corrected chi connectivity index (χ0v) is 13.3. The third-order valence-corrected chi connectivity index (χ3v) is 4.26. The molecule has 0 unspecified atom stereocenters. The van der Waals surface area contributed by atoms with Crippen molar-refractivity contribution in [1.29, 1.82) is 0 Å². The fourth-order valence-electron chi connectivity index (χ4n) is 3.08. The molecule has 0 aliphatic heterocycles. The number of alkyl halides is 3. The summed E-state index contributed by atoms with van der Waals surface area (Å²) in [5.41, 5.74) is 1.05. The first kappa shape index (κ1) is 16.9. The Balaban J connectivity index is 2.30. The fourth-order valence-corrected chi connectivity index (χ4v) is 3.08. The van der Waals surface area contributed by atoms with Crippen molar-refractivity contribution in [3.05, 3.63) is 53.1 Å². The monoisotopic (exact) mass is 349 g/mol. The zero-order chi connectivity index (χ0) is 18.5. The standard InChI is InChI=1S/C18H14F3NO3/c1-9-12-7-13(17(24)25)15(23)8-14(12)22(2)16(9)10-4-3-5-11(6-10)18(19,20)21/h3-8,23H,1-2H3,(H,24,25). The summed E-state index contributed by atoms with van der Waals surface area (Å²) in [6, 6.07) is 7.58. The molecule has 130 valence electrons. The second-order valence-electron chi connectivity index (χ2n) is 5.80. The maximum absolute atomic E-state index is 13.0. The van der Waals surface area contributed by atoms with Gasteiger partial charge in [-0.05, 0) is 36.2 Å². The van der Waals surface area contributed by atoms with Crippen molar-refractivity contribution in [2.24, 2.45) is 7.05 Å². The van der Waals surface area contributed by atoms with Gasteiger partial charge in [0, 0.05) is 18.5 Å². The van der Waals surface area contributed by atoms with E-state index in [0.29, 0.717) is 27.7 Å². The number of aromatic hydroxyl groups is 1. The van der Waals surface area contributed by atoms with E-state index in [9.17, 15) is 23.1 Å². The molecule has 1 aromatic heterocycles. The van der Waals surface area contributed by atoms with E-state index >= 15 is 0 Å². The van der Waals surface area contributed by atoms with E-state index in [2.05, 4.69) is 0 Å². The van der Waals surface area contributed by atoms with Crippen LogP contribution in [0.1, 0.15) is 21.5 Å². The number of hydrogen-bond acceptors (Lipinski definition) is 2. The molecule has 2 aromatic carbocycles. The first-order chi connectivity index (χ1) is 11.6. The molecule has 0 fully saturated rings. The molecule has 0 spiro atoms. The van der Waals surface area contributed by atoms with Gasteiger partial charge in [-0.25, -0.2) is 4.79 Å². The summed E-state index contributed by atoms with van der Waals surface area (Å²) in [7, 11) is 1.66. The van der Waals surface area contributed by atoms with Crippen molar-refractivity contribution in [3.63, 3.8) is 0 Å². The molecule has 0 aliphatic carbocycles. The van der Waals surface area contributed by atoms with E-state index in [0.717, 1.165) is 12.1 Å². The van der Waals surface area contributed by atoms with Crippen LogP contribution in [0.5, 0.6) is 5.75 Å². The second-order valence-corrected chi connectivity index (χ2v) is 5.80. The lowest BCUT2D eigenvalue weighted by Gasteiger charge is -2.10. The quantitative estimate of drug-likeness (QED) is 0.712. The Morgan fingerprint density at radius 3 is 2.44 bits per heavy atom. The smallest absolute Gasteiger partial charge is 0.416 e. The van der Waals surface area contributed by atoms with E-state index in [4.69, 9.17) is 5.11 Å². The van der Waals surface area contributed by atoms with Gasteiger partial charge in [-0.2, -0.15) is 13.2 Å². The van der Waals surface area contributed by atoms with Crippen molar-refractivity contribution < 1.29 is 28.2 Å². The summed E-state index contributed by atoms with van der Waals surface area (Å²) < 4.78 is 40.6. The van der Waals surface area contributed by atoms with Gasteiger partial charge >= 0.3 is 12.1 Å². The molecular weight excluding hydrogens is 335 g/mol. The largest absolute Gasteiger partial charge is 0.507 e. The number of aromatic nitrogens is 1. The molecular formula is C18H14F3NO3. The number of benzene rings is 2. The van der Waals surface area contributed by atoms with Crippen LogP contribution in [0.4, 0.5) is 13.2 Å². The van der Waals surface area contributed by atoms with E-state index in [1.807, 2.05) is 0 Å². The van der Waals surface area contributed by atoms with Crippen LogP contribution in [0.3, 0.4) is 0 Å². The van der Waals surface area contributed by atoms with Gasteiger partial charge in [-0.3, -0.25) is 0 Å². The number of aryl methyl sites for hydroxylation is 2. The predicted molar refractivity (Wildman–Crippen MR) is 86.7 cm³/mol. The summed E-state index contributed by atoms with van der Waals surface area (Å²) in [5, 5.41) is 19.6. The van der Waals surface area contributed by atoms with Gasteiger partial charge in [0.15, 0.2) is 0 Å². The van der Waals surface area contributed by atoms with Gasteiger partial charge in [0.1, 0.15) is 11.3 Å². The van der Waals surface area contributed by atoms with Crippen LogP contribution in [-0.4, -0.2) is 20.7 Å². The van der Waals surface area contributed by atoms with Crippen molar-refractivity contribution in [1.82, 2.24) is 4.57 Å². The summed E-state index contributed by atoms with van der Waals surface area (Å²) in [6.07, 6.45) is -4.46. The third kappa shape index (κ3) is 2.71. The van der Waals surface area contributed by atoms with Crippen LogP contribution in [-0.2, 0) is 13.2 Å². The molecule has 3 aromatic rings. The minimum Gasteiger partial charge on any atom is -0.507 e. The normalized spacial score (nSPS) is 11.9. The molecule has 0 saturated heterocycles. The topological polar surface area (TPSA) is 62.5 Å². The van der Waals surface area contributed by atoms with Crippen molar-refractivity contribution >= 4 is 16.9 Å². The average molecular weight is 349 g/mol. The SMILES string of the molecule is Cc1c(-c2cccc(C(F)(F)F)c2)n(C)c2cc(O)c(C(=O)O)cc12. The number of nitrogens with zero attached hydrogens (tertiary/aromatic N) is 1. The Bertz CT molecular complexity index is 1000. The van der Waals surface area contributed by atoms with Gasteiger partial charge in [0.25, 0.3) is 0 Å². The van der Waals surface area contributed by atoms with Crippen LogP contribution >= 0.6 is 0 Å². The molecule has 0 radical (unpaired) electrons. The van der Waals surface area contributed by atoms with Crippen LogP contribution in [0.2, 0.25) is 0 Å². The highest BCUT2D eigenvalue weighted by atomic mass is 19.4. The molecule has 2 N–H and O–H groups in total. The van der Waals surface area contributed by atoms with Gasteiger partial charge in [-0.1, -0.05) is 12.1 Å². The highest BCUT2D eigenvalue weighted by Crippen LogP contribution is 2.38. The second kappa shape index (κ2) is 5.54. The Hall–Kier alpha value is -2.96.